The molecule has 18 heavy (non-hydrogen) atoms. The van der Waals surface area contributed by atoms with Gasteiger partial charge in [0.05, 0.1) is 11.7 Å². The molecule has 2 N–H and O–H groups in total. The molecule has 0 aromatic carbocycles. The number of aryl methyl sites for hydroxylation is 2. The molecule has 1 aromatic rings. The molecule has 1 heterocycles. The van der Waals surface area contributed by atoms with E-state index in [0.717, 1.165) is 17.5 Å². The topological polar surface area (TPSA) is 38.9 Å². The molecule has 1 aromatic heterocycles. The molecule has 0 saturated heterocycles. The maximum atomic E-state index is 6.47. The van der Waals surface area contributed by atoms with Crippen LogP contribution in [-0.2, 0) is 0 Å². The maximum absolute atomic E-state index is 6.47. The van der Waals surface area contributed by atoms with Gasteiger partial charge in [-0.15, -0.1) is 0 Å². The van der Waals surface area contributed by atoms with Crippen LogP contribution in [0.4, 0.5) is 0 Å². The molecule has 2 heteroatoms. The van der Waals surface area contributed by atoms with Gasteiger partial charge in [0.2, 0.25) is 0 Å². The van der Waals surface area contributed by atoms with E-state index in [0.29, 0.717) is 5.92 Å². The third kappa shape index (κ3) is 2.74. The lowest BCUT2D eigenvalue weighted by molar-refractivity contribution is 0.184. The van der Waals surface area contributed by atoms with Crippen molar-refractivity contribution in [1.82, 2.24) is 4.98 Å². The first-order valence-corrected chi connectivity index (χ1v) is 7.17. The van der Waals surface area contributed by atoms with Gasteiger partial charge in [-0.1, -0.05) is 26.3 Å². The molecule has 0 aliphatic heterocycles. The van der Waals surface area contributed by atoms with E-state index in [4.69, 9.17) is 5.73 Å². The normalized spacial score (nSPS) is 30.2. The van der Waals surface area contributed by atoms with E-state index in [1.807, 2.05) is 6.20 Å². The minimum absolute atomic E-state index is 0.112. The van der Waals surface area contributed by atoms with Crippen LogP contribution in [0.15, 0.2) is 12.3 Å². The number of pyridine rings is 1. The Morgan fingerprint density at radius 3 is 2.56 bits per heavy atom. The molecular formula is C16H26N2. The third-order valence-corrected chi connectivity index (χ3v) is 4.72. The highest BCUT2D eigenvalue weighted by molar-refractivity contribution is 5.26. The summed E-state index contributed by atoms with van der Waals surface area (Å²) in [4.78, 5) is 4.57. The average Bonchev–Trinajstić information content (AvgIpc) is 2.32. The van der Waals surface area contributed by atoms with Crippen LogP contribution in [0.2, 0.25) is 0 Å². The molecule has 0 bridgehead atoms. The molecule has 1 saturated carbocycles. The Morgan fingerprint density at radius 2 is 1.94 bits per heavy atom. The van der Waals surface area contributed by atoms with Crippen molar-refractivity contribution in [3.05, 3.63) is 29.1 Å². The quantitative estimate of drug-likeness (QED) is 0.862. The number of aromatic nitrogens is 1. The van der Waals surface area contributed by atoms with E-state index >= 15 is 0 Å². The molecule has 0 spiro atoms. The second kappa shape index (κ2) is 5.40. The first-order chi connectivity index (χ1) is 8.49. The van der Waals surface area contributed by atoms with Crippen LogP contribution in [0.5, 0.6) is 0 Å². The van der Waals surface area contributed by atoms with Crippen LogP contribution in [0.3, 0.4) is 0 Å². The number of nitrogens with zero attached hydrogens (tertiary/aromatic N) is 1. The zero-order chi connectivity index (χ0) is 13.3. The maximum Gasteiger partial charge on any atom is 0.0603 e. The van der Waals surface area contributed by atoms with Gasteiger partial charge < -0.3 is 5.73 Å². The van der Waals surface area contributed by atoms with E-state index in [1.54, 1.807) is 0 Å². The molecule has 4 atom stereocenters. The van der Waals surface area contributed by atoms with Crippen molar-refractivity contribution in [1.29, 1.82) is 0 Å². The monoisotopic (exact) mass is 246 g/mol. The standard InChI is InChI=1S/C16H26N2/c1-10-7-13(4)16(18-9-10)15(17)14-6-5-11(2)12(3)8-14/h7,9,11-12,14-15H,5-6,8,17H2,1-4H3. The average molecular weight is 246 g/mol. The Bertz CT molecular complexity index is 414. The molecule has 4 unspecified atom stereocenters. The highest BCUT2D eigenvalue weighted by atomic mass is 14.8. The summed E-state index contributed by atoms with van der Waals surface area (Å²) in [5.41, 5.74) is 10.0. The molecule has 0 radical (unpaired) electrons. The molecule has 1 fully saturated rings. The number of hydrogen-bond donors (Lipinski definition) is 1. The fourth-order valence-electron chi connectivity index (χ4n) is 3.21. The van der Waals surface area contributed by atoms with E-state index in [1.165, 1.54) is 30.4 Å². The lowest BCUT2D eigenvalue weighted by atomic mass is 9.72. The highest BCUT2D eigenvalue weighted by Gasteiger charge is 2.30. The van der Waals surface area contributed by atoms with Gasteiger partial charge in [-0.3, -0.25) is 4.98 Å². The molecule has 2 rings (SSSR count). The van der Waals surface area contributed by atoms with Crippen LogP contribution in [0.25, 0.3) is 0 Å². The minimum atomic E-state index is 0.112. The van der Waals surface area contributed by atoms with Gasteiger partial charge in [0.25, 0.3) is 0 Å². The van der Waals surface area contributed by atoms with Crippen molar-refractivity contribution in [2.45, 2.75) is 53.0 Å². The third-order valence-electron chi connectivity index (χ3n) is 4.72. The van der Waals surface area contributed by atoms with Gasteiger partial charge in [-0.05, 0) is 55.6 Å². The molecule has 2 nitrogen and oxygen atoms in total. The van der Waals surface area contributed by atoms with Gasteiger partial charge in [0.15, 0.2) is 0 Å². The van der Waals surface area contributed by atoms with Crippen LogP contribution in [0.1, 0.15) is 56.0 Å². The predicted molar refractivity (Wildman–Crippen MR) is 76.3 cm³/mol. The SMILES string of the molecule is Cc1cnc(C(N)C2CCC(C)C(C)C2)c(C)c1. The van der Waals surface area contributed by atoms with Crippen molar-refractivity contribution in [2.24, 2.45) is 23.5 Å². The zero-order valence-electron chi connectivity index (χ0n) is 12.1. The Kier molecular flexibility index (Phi) is 4.06. The van der Waals surface area contributed by atoms with Gasteiger partial charge in [-0.25, -0.2) is 0 Å². The summed E-state index contributed by atoms with van der Waals surface area (Å²) < 4.78 is 0. The molecule has 1 aliphatic carbocycles. The molecular weight excluding hydrogens is 220 g/mol. The van der Waals surface area contributed by atoms with Crippen LogP contribution < -0.4 is 5.73 Å². The van der Waals surface area contributed by atoms with Gasteiger partial charge >= 0.3 is 0 Å². The first-order valence-electron chi connectivity index (χ1n) is 7.17. The van der Waals surface area contributed by atoms with Crippen LogP contribution in [0, 0.1) is 31.6 Å². The Morgan fingerprint density at radius 1 is 1.22 bits per heavy atom. The molecule has 0 amide bonds. The summed E-state index contributed by atoms with van der Waals surface area (Å²) in [6.07, 6.45) is 5.75. The first kappa shape index (κ1) is 13.5. The lowest BCUT2D eigenvalue weighted by Crippen LogP contribution is -2.30. The van der Waals surface area contributed by atoms with Crippen molar-refractivity contribution < 1.29 is 0 Å². The fourth-order valence-corrected chi connectivity index (χ4v) is 3.21. The van der Waals surface area contributed by atoms with E-state index in [2.05, 4.69) is 38.7 Å². The summed E-state index contributed by atoms with van der Waals surface area (Å²) in [6.45, 7) is 8.94. The largest absolute Gasteiger partial charge is 0.322 e. The van der Waals surface area contributed by atoms with Crippen molar-refractivity contribution in [2.75, 3.05) is 0 Å². The summed E-state index contributed by atoms with van der Waals surface area (Å²) in [6, 6.07) is 2.30. The fraction of sp³-hybridized carbons (Fsp3) is 0.688. The predicted octanol–water partition coefficient (Wildman–Crippen LogP) is 3.77. The van der Waals surface area contributed by atoms with Crippen LogP contribution in [-0.4, -0.2) is 4.98 Å². The molecule has 1 aliphatic rings. The van der Waals surface area contributed by atoms with Gasteiger partial charge in [0, 0.05) is 6.20 Å². The summed E-state index contributed by atoms with van der Waals surface area (Å²) >= 11 is 0. The van der Waals surface area contributed by atoms with E-state index in [9.17, 15) is 0 Å². The Balaban J connectivity index is 2.13. The summed E-state index contributed by atoms with van der Waals surface area (Å²) in [5, 5.41) is 0. The smallest absolute Gasteiger partial charge is 0.0603 e. The lowest BCUT2D eigenvalue weighted by Gasteiger charge is -2.35. The second-order valence-corrected chi connectivity index (χ2v) is 6.27. The summed E-state index contributed by atoms with van der Waals surface area (Å²) in [5.74, 6) is 2.24. The number of rotatable bonds is 2. The van der Waals surface area contributed by atoms with Crippen molar-refractivity contribution in [3.8, 4) is 0 Å². The van der Waals surface area contributed by atoms with Gasteiger partial charge in [0.1, 0.15) is 0 Å². The highest BCUT2D eigenvalue weighted by Crippen LogP contribution is 2.38. The second-order valence-electron chi connectivity index (χ2n) is 6.27. The number of nitrogens with two attached hydrogens (primary N) is 1. The Hall–Kier alpha value is -0.890. The van der Waals surface area contributed by atoms with Crippen molar-refractivity contribution >= 4 is 0 Å². The van der Waals surface area contributed by atoms with Crippen molar-refractivity contribution in [3.63, 3.8) is 0 Å². The Labute approximate surface area is 111 Å². The number of hydrogen-bond acceptors (Lipinski definition) is 2. The summed E-state index contributed by atoms with van der Waals surface area (Å²) in [7, 11) is 0. The van der Waals surface area contributed by atoms with E-state index < -0.39 is 0 Å². The zero-order valence-corrected chi connectivity index (χ0v) is 12.1. The van der Waals surface area contributed by atoms with E-state index in [-0.39, 0.29) is 6.04 Å². The molecule has 100 valence electrons. The van der Waals surface area contributed by atoms with Gasteiger partial charge in [-0.2, -0.15) is 0 Å². The van der Waals surface area contributed by atoms with Crippen LogP contribution >= 0.6 is 0 Å². The minimum Gasteiger partial charge on any atom is -0.322 e.